The highest BCUT2D eigenvalue weighted by Crippen LogP contribution is 2.12. The van der Waals surface area contributed by atoms with Crippen molar-refractivity contribution in [3.63, 3.8) is 0 Å². The summed E-state index contributed by atoms with van der Waals surface area (Å²) in [4.78, 5) is 0. The molecule has 22 heavy (non-hydrogen) atoms. The lowest BCUT2D eigenvalue weighted by molar-refractivity contribution is 0.446. The quantitative estimate of drug-likeness (QED) is 0.330. The Balaban J connectivity index is 0.000000406. The van der Waals surface area contributed by atoms with Crippen LogP contribution in [0.2, 0.25) is 0 Å². The topological polar surface area (TPSA) is 0 Å². The van der Waals surface area contributed by atoms with Crippen molar-refractivity contribution in [1.29, 1.82) is 0 Å². The Morgan fingerprint density at radius 2 is 0.955 bits per heavy atom. The fraction of sp³-hybridized carbons (Fsp3) is 0.684. The molecule has 0 saturated carbocycles. The molecule has 0 fully saturated rings. The summed E-state index contributed by atoms with van der Waals surface area (Å²) in [6.45, 7) is 6.05. The molecule has 0 aliphatic heterocycles. The maximum atomic E-state index is 12.2. The van der Waals surface area contributed by atoms with Crippen LogP contribution in [0, 0.1) is 24.4 Å². The summed E-state index contributed by atoms with van der Waals surface area (Å²) >= 11 is 0. The van der Waals surface area contributed by atoms with Crippen LogP contribution in [0.1, 0.15) is 83.6 Å². The van der Waals surface area contributed by atoms with Gasteiger partial charge in [0.2, 0.25) is 0 Å². The summed E-state index contributed by atoms with van der Waals surface area (Å²) in [6.07, 6.45) is 14.4. The molecule has 0 atom stereocenters. The Hall–Kier alpha value is -0.990. The van der Waals surface area contributed by atoms with Gasteiger partial charge in [-0.15, -0.1) is 0 Å². The molecule has 1 rings (SSSR count). The molecule has 3 heteroatoms. The van der Waals surface area contributed by atoms with E-state index in [0.717, 1.165) is 12.1 Å². The largest absolute Gasteiger partial charge is 0.204 e. The molecule has 0 nitrogen and oxygen atoms in total. The van der Waals surface area contributed by atoms with Gasteiger partial charge >= 0.3 is 0 Å². The van der Waals surface area contributed by atoms with Crippen molar-refractivity contribution in [2.45, 2.75) is 85.0 Å². The van der Waals surface area contributed by atoms with E-state index in [1.54, 1.807) is 0 Å². The smallest absolute Gasteiger partial charge is 0.194 e. The molecule has 1 aromatic carbocycles. The summed E-state index contributed by atoms with van der Waals surface area (Å²) < 4.78 is 36.6. The molecular weight excluding hydrogens is 285 g/mol. The Morgan fingerprint density at radius 3 is 1.27 bits per heavy atom. The number of hydrogen-bond acceptors (Lipinski definition) is 0. The van der Waals surface area contributed by atoms with Crippen LogP contribution in [0.25, 0.3) is 0 Å². The predicted molar refractivity (Wildman–Crippen MR) is 88.6 cm³/mol. The maximum absolute atomic E-state index is 12.2. The zero-order valence-electron chi connectivity index (χ0n) is 14.4. The second kappa shape index (κ2) is 13.7. The Labute approximate surface area is 134 Å². The van der Waals surface area contributed by atoms with Gasteiger partial charge < -0.3 is 0 Å². The molecule has 0 radical (unpaired) electrons. The zero-order valence-corrected chi connectivity index (χ0v) is 14.4. The van der Waals surface area contributed by atoms with Crippen molar-refractivity contribution >= 4 is 0 Å². The monoisotopic (exact) mass is 316 g/mol. The molecule has 0 spiro atoms. The van der Waals surface area contributed by atoms with Crippen molar-refractivity contribution in [3.8, 4) is 0 Å². The highest BCUT2D eigenvalue weighted by atomic mass is 19.2. The van der Waals surface area contributed by atoms with Gasteiger partial charge in [-0.1, -0.05) is 78.1 Å². The number of benzene rings is 1. The third-order valence-electron chi connectivity index (χ3n) is 3.59. The molecule has 0 unspecified atom stereocenters. The lowest BCUT2D eigenvalue weighted by Gasteiger charge is -1.99. The number of rotatable bonds is 9. The van der Waals surface area contributed by atoms with E-state index in [-0.39, 0.29) is 0 Å². The average molecular weight is 316 g/mol. The zero-order chi connectivity index (χ0) is 16.8. The van der Waals surface area contributed by atoms with E-state index >= 15 is 0 Å². The minimum Gasteiger partial charge on any atom is -0.204 e. The van der Waals surface area contributed by atoms with Crippen LogP contribution >= 0.6 is 0 Å². The highest BCUT2D eigenvalue weighted by molar-refractivity contribution is 5.17. The standard InChI is InChI=1S/C12H26.C7H5F3/c1-3-5-7-9-11-12-10-8-6-4-2;1-4-2-5(8)7(10)6(9)3-4/h3-12H2,1-2H3;2-3H,1H3. The van der Waals surface area contributed by atoms with Crippen LogP contribution < -0.4 is 0 Å². The molecule has 0 saturated heterocycles. The number of hydrogen-bond donors (Lipinski definition) is 0. The van der Waals surface area contributed by atoms with E-state index in [1.807, 2.05) is 0 Å². The third-order valence-corrected chi connectivity index (χ3v) is 3.59. The fourth-order valence-electron chi connectivity index (χ4n) is 2.24. The predicted octanol–water partition coefficient (Wildman–Crippen LogP) is 7.34. The summed E-state index contributed by atoms with van der Waals surface area (Å²) in [5, 5.41) is 0. The van der Waals surface area contributed by atoms with Crippen molar-refractivity contribution in [1.82, 2.24) is 0 Å². The average Bonchev–Trinajstić information content (AvgIpc) is 2.48. The molecule has 0 amide bonds. The first-order valence-electron chi connectivity index (χ1n) is 8.64. The van der Waals surface area contributed by atoms with Crippen LogP contribution in [0.5, 0.6) is 0 Å². The normalized spacial score (nSPS) is 10.3. The molecular formula is C19H31F3. The van der Waals surface area contributed by atoms with Crippen LogP contribution in [-0.2, 0) is 0 Å². The van der Waals surface area contributed by atoms with Gasteiger partial charge in [0.05, 0.1) is 0 Å². The number of unbranched alkanes of at least 4 members (excludes halogenated alkanes) is 9. The minimum absolute atomic E-state index is 0.372. The lowest BCUT2D eigenvalue weighted by Crippen LogP contribution is -1.90. The van der Waals surface area contributed by atoms with E-state index in [9.17, 15) is 13.2 Å². The molecule has 0 bridgehead atoms. The Bertz CT molecular complexity index is 355. The maximum Gasteiger partial charge on any atom is 0.194 e. The van der Waals surface area contributed by atoms with Crippen LogP contribution in [0.4, 0.5) is 13.2 Å². The first-order valence-corrected chi connectivity index (χ1v) is 8.64. The Morgan fingerprint density at radius 1 is 0.636 bits per heavy atom. The van der Waals surface area contributed by atoms with Crippen LogP contribution in [0.3, 0.4) is 0 Å². The summed E-state index contributed by atoms with van der Waals surface area (Å²) in [5.41, 5.74) is 0.372. The van der Waals surface area contributed by atoms with E-state index in [4.69, 9.17) is 0 Å². The molecule has 0 aromatic heterocycles. The molecule has 0 heterocycles. The van der Waals surface area contributed by atoms with Crippen LogP contribution in [-0.4, -0.2) is 0 Å². The van der Waals surface area contributed by atoms with Gasteiger partial charge in [0.1, 0.15) is 0 Å². The third kappa shape index (κ3) is 10.7. The summed E-state index contributed by atoms with van der Waals surface area (Å²) in [6, 6.07) is 1.89. The number of aryl methyl sites for hydroxylation is 1. The molecule has 0 N–H and O–H groups in total. The molecule has 128 valence electrons. The van der Waals surface area contributed by atoms with Crippen molar-refractivity contribution < 1.29 is 13.2 Å². The summed E-state index contributed by atoms with van der Waals surface area (Å²) in [5.74, 6) is -3.69. The van der Waals surface area contributed by atoms with Crippen molar-refractivity contribution in [2.24, 2.45) is 0 Å². The van der Waals surface area contributed by atoms with Gasteiger partial charge in [-0.2, -0.15) is 0 Å². The van der Waals surface area contributed by atoms with Crippen molar-refractivity contribution in [2.75, 3.05) is 0 Å². The summed E-state index contributed by atoms with van der Waals surface area (Å²) in [7, 11) is 0. The van der Waals surface area contributed by atoms with Gasteiger partial charge in [0.25, 0.3) is 0 Å². The first kappa shape index (κ1) is 21.0. The molecule has 0 aliphatic rings. The molecule has 1 aromatic rings. The molecule has 0 aliphatic carbocycles. The number of halogens is 3. The second-order valence-corrected chi connectivity index (χ2v) is 5.87. The van der Waals surface area contributed by atoms with Gasteiger partial charge in [-0.25, -0.2) is 13.2 Å². The van der Waals surface area contributed by atoms with E-state index in [2.05, 4.69) is 13.8 Å². The minimum atomic E-state index is -1.41. The van der Waals surface area contributed by atoms with E-state index < -0.39 is 17.5 Å². The SMILES string of the molecule is CCCCCCCCCCCC.Cc1cc(F)c(F)c(F)c1. The van der Waals surface area contributed by atoms with Crippen LogP contribution in [0.15, 0.2) is 12.1 Å². The van der Waals surface area contributed by atoms with Gasteiger partial charge in [-0.3, -0.25) is 0 Å². The van der Waals surface area contributed by atoms with Gasteiger partial charge in [-0.05, 0) is 24.6 Å². The second-order valence-electron chi connectivity index (χ2n) is 5.87. The highest BCUT2D eigenvalue weighted by Gasteiger charge is 2.07. The van der Waals surface area contributed by atoms with E-state index in [1.165, 1.54) is 71.1 Å². The van der Waals surface area contributed by atoms with E-state index in [0.29, 0.717) is 5.56 Å². The Kier molecular flexibility index (Phi) is 13.0. The lowest BCUT2D eigenvalue weighted by atomic mass is 10.1. The van der Waals surface area contributed by atoms with Crippen molar-refractivity contribution in [3.05, 3.63) is 35.1 Å². The fourth-order valence-corrected chi connectivity index (χ4v) is 2.24. The van der Waals surface area contributed by atoms with Gasteiger partial charge in [0, 0.05) is 0 Å². The van der Waals surface area contributed by atoms with Gasteiger partial charge in [0.15, 0.2) is 17.5 Å². The first-order chi connectivity index (χ1) is 10.5.